The van der Waals surface area contributed by atoms with E-state index in [1.807, 2.05) is 22.6 Å². The topological polar surface area (TPSA) is 9.23 Å². The Morgan fingerprint density at radius 3 is 2.50 bits per heavy atom. The van der Waals surface area contributed by atoms with Gasteiger partial charge in [0.15, 0.2) is 0 Å². The minimum atomic E-state index is -4.63. The Morgan fingerprint density at radius 2 is 2.00 bits per heavy atom. The second kappa shape index (κ2) is 4.69. The smallest absolute Gasteiger partial charge is 0.406 e. The zero-order valence-electron chi connectivity index (χ0n) is 6.74. The van der Waals surface area contributed by atoms with E-state index in [4.69, 9.17) is 0 Å². The van der Waals surface area contributed by atoms with E-state index < -0.39 is 6.36 Å². The summed E-state index contributed by atoms with van der Waals surface area (Å²) in [5.41, 5.74) is 0.771. The van der Waals surface area contributed by atoms with Crippen molar-refractivity contribution in [1.82, 2.24) is 0 Å². The van der Waals surface area contributed by atoms with Crippen LogP contribution in [0.3, 0.4) is 0 Å². The van der Waals surface area contributed by atoms with Crippen LogP contribution in [-0.4, -0.2) is 6.36 Å². The van der Waals surface area contributed by atoms with Crippen LogP contribution >= 0.6 is 38.5 Å². The van der Waals surface area contributed by atoms with Gasteiger partial charge in [-0.1, -0.05) is 15.9 Å². The van der Waals surface area contributed by atoms with Gasteiger partial charge in [-0.3, -0.25) is 0 Å². The Kier molecular flexibility index (Phi) is 4.05. The summed E-state index contributed by atoms with van der Waals surface area (Å²) in [6.07, 6.45) is -4.63. The predicted molar refractivity (Wildman–Crippen MR) is 58.5 cm³/mol. The van der Waals surface area contributed by atoms with Crippen molar-refractivity contribution in [3.63, 3.8) is 0 Å². The van der Waals surface area contributed by atoms with Gasteiger partial charge in [0.25, 0.3) is 0 Å². The van der Waals surface area contributed by atoms with Gasteiger partial charge in [0.1, 0.15) is 5.75 Å². The molecule has 0 amide bonds. The van der Waals surface area contributed by atoms with Crippen LogP contribution in [0.1, 0.15) is 5.56 Å². The fourth-order valence-electron chi connectivity index (χ4n) is 0.851. The molecular weight excluding hydrogens is 376 g/mol. The van der Waals surface area contributed by atoms with Crippen LogP contribution in [0.2, 0.25) is 0 Å². The molecular formula is C8H5BrF3IO. The summed E-state index contributed by atoms with van der Waals surface area (Å²) in [6.45, 7) is 0. The lowest BCUT2D eigenvalue weighted by atomic mass is 10.2. The van der Waals surface area contributed by atoms with Crippen LogP contribution in [0.15, 0.2) is 18.2 Å². The summed E-state index contributed by atoms with van der Waals surface area (Å²) in [4.78, 5) is 0. The van der Waals surface area contributed by atoms with Gasteiger partial charge in [-0.25, -0.2) is 0 Å². The summed E-state index contributed by atoms with van der Waals surface area (Å²) in [5.74, 6) is -0.188. The molecule has 0 fully saturated rings. The number of benzene rings is 1. The molecule has 1 rings (SSSR count). The first kappa shape index (κ1) is 12.1. The molecule has 0 atom stereocenters. The van der Waals surface area contributed by atoms with Crippen LogP contribution < -0.4 is 4.74 Å². The van der Waals surface area contributed by atoms with Crippen LogP contribution in [-0.2, 0) is 5.33 Å². The van der Waals surface area contributed by atoms with Crippen LogP contribution in [0.25, 0.3) is 0 Å². The summed E-state index contributed by atoms with van der Waals surface area (Å²) < 4.78 is 40.2. The molecule has 1 aromatic rings. The quantitative estimate of drug-likeness (QED) is 0.554. The molecule has 0 aliphatic rings. The van der Waals surface area contributed by atoms with Crippen molar-refractivity contribution < 1.29 is 17.9 Å². The molecule has 14 heavy (non-hydrogen) atoms. The van der Waals surface area contributed by atoms with Crippen molar-refractivity contribution in [2.75, 3.05) is 0 Å². The molecule has 0 heterocycles. The highest BCUT2D eigenvalue weighted by Crippen LogP contribution is 2.26. The molecule has 0 N–H and O–H groups in total. The molecule has 0 aromatic heterocycles. The minimum Gasteiger partial charge on any atom is -0.406 e. The van der Waals surface area contributed by atoms with Crippen molar-refractivity contribution in [3.05, 3.63) is 27.3 Å². The molecule has 0 aliphatic heterocycles. The molecule has 0 bridgehead atoms. The van der Waals surface area contributed by atoms with Gasteiger partial charge in [-0.15, -0.1) is 13.2 Å². The molecule has 0 aliphatic carbocycles. The fraction of sp³-hybridized carbons (Fsp3) is 0.250. The lowest BCUT2D eigenvalue weighted by molar-refractivity contribution is -0.274. The third-order valence-corrected chi connectivity index (χ3v) is 3.05. The molecule has 78 valence electrons. The zero-order valence-corrected chi connectivity index (χ0v) is 10.5. The van der Waals surface area contributed by atoms with E-state index in [9.17, 15) is 13.2 Å². The van der Waals surface area contributed by atoms with E-state index >= 15 is 0 Å². The predicted octanol–water partition coefficient (Wildman–Crippen LogP) is 4.08. The zero-order chi connectivity index (χ0) is 10.8. The third-order valence-electron chi connectivity index (χ3n) is 1.39. The number of rotatable bonds is 2. The monoisotopic (exact) mass is 380 g/mol. The molecule has 1 nitrogen and oxygen atoms in total. The van der Waals surface area contributed by atoms with Crippen LogP contribution in [0.4, 0.5) is 13.2 Å². The van der Waals surface area contributed by atoms with Crippen molar-refractivity contribution in [1.29, 1.82) is 0 Å². The third kappa shape index (κ3) is 3.64. The largest absolute Gasteiger partial charge is 0.573 e. The van der Waals surface area contributed by atoms with Crippen molar-refractivity contribution in [3.8, 4) is 5.75 Å². The molecule has 0 unspecified atom stereocenters. The molecule has 0 saturated heterocycles. The highest BCUT2D eigenvalue weighted by molar-refractivity contribution is 14.1. The normalized spacial score (nSPS) is 11.5. The molecule has 1 aromatic carbocycles. The highest BCUT2D eigenvalue weighted by Gasteiger charge is 2.31. The SMILES string of the molecule is FC(F)(F)Oc1ccc(I)c(CBr)c1. The summed E-state index contributed by atoms with van der Waals surface area (Å²) in [6, 6.07) is 4.24. The van der Waals surface area contributed by atoms with E-state index in [0.29, 0.717) is 5.33 Å². The Bertz CT molecular complexity index is 327. The van der Waals surface area contributed by atoms with Gasteiger partial charge in [0, 0.05) is 8.90 Å². The Labute approximate surface area is 101 Å². The maximum absolute atomic E-state index is 11.8. The summed E-state index contributed by atoms with van der Waals surface area (Å²) in [7, 11) is 0. The lowest BCUT2D eigenvalue weighted by Gasteiger charge is -2.10. The Hall–Kier alpha value is 0.0200. The number of alkyl halides is 4. The van der Waals surface area contributed by atoms with Crippen molar-refractivity contribution >= 4 is 38.5 Å². The maximum atomic E-state index is 11.8. The standard InChI is InChI=1S/C8H5BrF3IO/c9-4-5-3-6(1-2-7(5)13)14-8(10,11)12/h1-3H,4H2. The maximum Gasteiger partial charge on any atom is 0.573 e. The van der Waals surface area contributed by atoms with E-state index in [-0.39, 0.29) is 5.75 Å². The Balaban J connectivity index is 2.90. The second-order valence-electron chi connectivity index (χ2n) is 2.43. The summed E-state index contributed by atoms with van der Waals surface area (Å²) in [5, 5.41) is 0.500. The first-order valence-electron chi connectivity index (χ1n) is 3.52. The molecule has 0 radical (unpaired) electrons. The van der Waals surface area contributed by atoms with E-state index in [1.165, 1.54) is 12.1 Å². The lowest BCUT2D eigenvalue weighted by Crippen LogP contribution is -2.17. The van der Waals surface area contributed by atoms with Crippen molar-refractivity contribution in [2.45, 2.75) is 11.7 Å². The van der Waals surface area contributed by atoms with Crippen LogP contribution in [0, 0.1) is 3.57 Å². The number of hydrogen-bond donors (Lipinski definition) is 0. The van der Waals surface area contributed by atoms with Gasteiger partial charge in [-0.05, 0) is 46.4 Å². The average Bonchev–Trinajstić information content (AvgIpc) is 2.06. The first-order valence-corrected chi connectivity index (χ1v) is 5.72. The van der Waals surface area contributed by atoms with Gasteiger partial charge >= 0.3 is 6.36 Å². The van der Waals surface area contributed by atoms with Crippen molar-refractivity contribution in [2.24, 2.45) is 0 Å². The second-order valence-corrected chi connectivity index (χ2v) is 4.16. The Morgan fingerprint density at radius 1 is 1.36 bits per heavy atom. The number of halogens is 5. The molecule has 6 heteroatoms. The molecule has 0 saturated carbocycles. The van der Waals surface area contributed by atoms with Gasteiger partial charge in [0.2, 0.25) is 0 Å². The number of ether oxygens (including phenoxy) is 1. The van der Waals surface area contributed by atoms with E-state index in [1.54, 1.807) is 6.07 Å². The van der Waals surface area contributed by atoms with E-state index in [2.05, 4.69) is 20.7 Å². The summed E-state index contributed by atoms with van der Waals surface area (Å²) >= 11 is 5.23. The average molecular weight is 381 g/mol. The molecule has 0 spiro atoms. The fourth-order valence-corrected chi connectivity index (χ4v) is 2.36. The highest BCUT2D eigenvalue weighted by atomic mass is 127. The number of hydrogen-bond acceptors (Lipinski definition) is 1. The van der Waals surface area contributed by atoms with Crippen LogP contribution in [0.5, 0.6) is 5.75 Å². The van der Waals surface area contributed by atoms with E-state index in [0.717, 1.165) is 9.13 Å². The van der Waals surface area contributed by atoms with Gasteiger partial charge in [-0.2, -0.15) is 0 Å². The van der Waals surface area contributed by atoms with Gasteiger partial charge < -0.3 is 4.74 Å². The first-order chi connectivity index (χ1) is 6.42. The minimum absolute atomic E-state index is 0.188. The van der Waals surface area contributed by atoms with Gasteiger partial charge in [0.05, 0.1) is 0 Å².